The molecule has 0 N–H and O–H groups in total. The summed E-state index contributed by atoms with van der Waals surface area (Å²) >= 11 is 0. The minimum absolute atomic E-state index is 0.00138. The van der Waals surface area contributed by atoms with Crippen molar-refractivity contribution in [3.05, 3.63) is 40.3 Å². The Kier molecular flexibility index (Phi) is 5.80. The molecule has 1 aromatic rings. The molecule has 1 fully saturated rings. The fourth-order valence-corrected chi connectivity index (χ4v) is 3.52. The number of hydrogen-bond acceptors (Lipinski definition) is 6. The van der Waals surface area contributed by atoms with Gasteiger partial charge in [0.1, 0.15) is 11.7 Å². The van der Waals surface area contributed by atoms with Crippen LogP contribution in [0.25, 0.3) is 10.4 Å². The third kappa shape index (κ3) is 5.10. The number of azide groups is 1. The van der Waals surface area contributed by atoms with Crippen LogP contribution in [-0.2, 0) is 19.0 Å². The van der Waals surface area contributed by atoms with Gasteiger partial charge in [0.05, 0.1) is 17.5 Å². The molecule has 2 atom stereocenters. The maximum Gasteiger partial charge on any atom is 0.410 e. The van der Waals surface area contributed by atoms with Crippen molar-refractivity contribution in [1.29, 1.82) is 0 Å². The summed E-state index contributed by atoms with van der Waals surface area (Å²) < 4.78 is 35.5. The molecule has 0 aliphatic carbocycles. The molecule has 142 valence electrons. The van der Waals surface area contributed by atoms with Gasteiger partial charge in [0.25, 0.3) is 10.1 Å². The lowest BCUT2D eigenvalue weighted by Gasteiger charge is -2.24. The number of aryl methyl sites for hydroxylation is 1. The Morgan fingerprint density at radius 2 is 1.88 bits per heavy atom. The quantitative estimate of drug-likeness (QED) is 0.343. The van der Waals surface area contributed by atoms with Gasteiger partial charge in [-0.2, -0.15) is 8.42 Å². The first-order valence-corrected chi connectivity index (χ1v) is 9.45. The van der Waals surface area contributed by atoms with Gasteiger partial charge in [0.15, 0.2) is 0 Å². The van der Waals surface area contributed by atoms with Gasteiger partial charge >= 0.3 is 6.09 Å². The zero-order valence-electron chi connectivity index (χ0n) is 15.1. The van der Waals surface area contributed by atoms with Gasteiger partial charge in [0.2, 0.25) is 0 Å². The van der Waals surface area contributed by atoms with E-state index in [1.54, 1.807) is 32.9 Å². The molecular formula is C16H22N4O5S. The number of benzene rings is 1. The summed E-state index contributed by atoms with van der Waals surface area (Å²) in [5.74, 6) is 0. The Morgan fingerprint density at radius 3 is 2.42 bits per heavy atom. The third-order valence-corrected chi connectivity index (χ3v) is 5.00. The summed E-state index contributed by atoms with van der Waals surface area (Å²) in [6.07, 6.45) is -1.60. The maximum atomic E-state index is 12.5. The highest BCUT2D eigenvalue weighted by Crippen LogP contribution is 2.24. The van der Waals surface area contributed by atoms with Gasteiger partial charge < -0.3 is 9.64 Å². The molecule has 0 unspecified atom stereocenters. The molecule has 9 nitrogen and oxygen atoms in total. The van der Waals surface area contributed by atoms with E-state index in [2.05, 4.69) is 10.0 Å². The first kappa shape index (κ1) is 20.0. The lowest BCUT2D eigenvalue weighted by atomic mass is 10.2. The van der Waals surface area contributed by atoms with Crippen molar-refractivity contribution in [1.82, 2.24) is 4.90 Å². The van der Waals surface area contributed by atoms with E-state index in [-0.39, 0.29) is 18.0 Å². The van der Waals surface area contributed by atoms with Crippen LogP contribution in [0.1, 0.15) is 26.3 Å². The average Bonchev–Trinajstić information content (AvgIpc) is 2.89. The largest absolute Gasteiger partial charge is 0.444 e. The smallest absolute Gasteiger partial charge is 0.410 e. The van der Waals surface area contributed by atoms with Crippen molar-refractivity contribution >= 4 is 16.2 Å². The molecule has 1 aliphatic rings. The summed E-state index contributed by atoms with van der Waals surface area (Å²) in [4.78, 5) is 16.2. The van der Waals surface area contributed by atoms with Gasteiger partial charge in [-0.3, -0.25) is 4.18 Å². The van der Waals surface area contributed by atoms with Crippen LogP contribution < -0.4 is 0 Å². The van der Waals surface area contributed by atoms with Crippen LogP contribution in [0.15, 0.2) is 34.3 Å². The van der Waals surface area contributed by atoms with Crippen LogP contribution >= 0.6 is 0 Å². The molecule has 2 rings (SSSR count). The molecule has 1 aromatic carbocycles. The van der Waals surface area contributed by atoms with Crippen LogP contribution in [0.2, 0.25) is 0 Å². The summed E-state index contributed by atoms with van der Waals surface area (Å²) in [7, 11) is -4.06. The first-order chi connectivity index (χ1) is 12.0. The van der Waals surface area contributed by atoms with Crippen LogP contribution in [0, 0.1) is 6.92 Å². The van der Waals surface area contributed by atoms with E-state index in [4.69, 9.17) is 14.5 Å². The number of rotatable bonds is 4. The minimum Gasteiger partial charge on any atom is -0.444 e. The lowest BCUT2D eigenvalue weighted by molar-refractivity contribution is 0.0276. The monoisotopic (exact) mass is 382 g/mol. The van der Waals surface area contributed by atoms with Crippen LogP contribution in [0.3, 0.4) is 0 Å². The van der Waals surface area contributed by atoms with Crippen molar-refractivity contribution in [2.75, 3.05) is 13.1 Å². The van der Waals surface area contributed by atoms with Gasteiger partial charge in [-0.15, -0.1) is 0 Å². The van der Waals surface area contributed by atoms with E-state index >= 15 is 0 Å². The summed E-state index contributed by atoms with van der Waals surface area (Å²) in [5.41, 5.74) is 8.93. The van der Waals surface area contributed by atoms with Crippen LogP contribution in [-0.4, -0.2) is 50.2 Å². The number of likely N-dealkylation sites (tertiary alicyclic amines) is 1. The molecule has 0 radical (unpaired) electrons. The lowest BCUT2D eigenvalue weighted by Crippen LogP contribution is -2.36. The van der Waals surface area contributed by atoms with E-state index in [9.17, 15) is 13.2 Å². The fourth-order valence-electron chi connectivity index (χ4n) is 2.43. The Morgan fingerprint density at radius 1 is 1.27 bits per heavy atom. The second-order valence-corrected chi connectivity index (χ2v) is 8.63. The van der Waals surface area contributed by atoms with E-state index in [1.165, 1.54) is 17.0 Å². The Hall–Kier alpha value is -2.29. The number of ether oxygens (including phenoxy) is 1. The maximum absolute atomic E-state index is 12.5. The Labute approximate surface area is 152 Å². The van der Waals surface area contributed by atoms with E-state index in [0.29, 0.717) is 0 Å². The number of amides is 1. The second kappa shape index (κ2) is 7.53. The summed E-state index contributed by atoms with van der Waals surface area (Å²) in [5, 5.41) is 3.57. The molecule has 0 bridgehead atoms. The SMILES string of the molecule is Cc1ccc(S(=O)(=O)O[C@@H]2CN(C(=O)OC(C)(C)C)C[C@H]2N=[N+]=[N-])cc1. The number of hydrogen-bond donors (Lipinski definition) is 0. The van der Waals surface area contributed by atoms with E-state index < -0.39 is 34.0 Å². The highest BCUT2D eigenvalue weighted by atomic mass is 32.2. The molecule has 1 aliphatic heterocycles. The average molecular weight is 382 g/mol. The topological polar surface area (TPSA) is 122 Å². The first-order valence-electron chi connectivity index (χ1n) is 8.04. The molecule has 26 heavy (non-hydrogen) atoms. The normalized spacial score (nSPS) is 20.5. The van der Waals surface area contributed by atoms with Crippen LogP contribution in [0.4, 0.5) is 4.79 Å². The zero-order valence-corrected chi connectivity index (χ0v) is 15.9. The Bertz CT molecular complexity index is 810. The number of carbonyl (C=O) groups is 1. The number of nitrogens with zero attached hydrogens (tertiary/aromatic N) is 4. The molecular weight excluding hydrogens is 360 g/mol. The number of carbonyl (C=O) groups excluding carboxylic acids is 1. The summed E-state index contributed by atoms with van der Waals surface area (Å²) in [6.45, 7) is 6.98. The van der Waals surface area contributed by atoms with E-state index in [1.807, 2.05) is 6.92 Å². The zero-order chi connectivity index (χ0) is 19.5. The highest BCUT2D eigenvalue weighted by Gasteiger charge is 2.40. The molecule has 1 amide bonds. The van der Waals surface area contributed by atoms with Gasteiger partial charge in [-0.1, -0.05) is 22.8 Å². The third-order valence-electron chi connectivity index (χ3n) is 3.65. The van der Waals surface area contributed by atoms with Crippen molar-refractivity contribution in [3.63, 3.8) is 0 Å². The van der Waals surface area contributed by atoms with Gasteiger partial charge in [-0.25, -0.2) is 4.79 Å². The van der Waals surface area contributed by atoms with Crippen molar-refractivity contribution in [2.45, 2.75) is 50.3 Å². The molecule has 0 aromatic heterocycles. The standard InChI is InChI=1S/C16H22N4O5S/c1-11-5-7-12(8-6-11)26(22,23)25-14-10-20(9-13(14)18-19-17)15(21)24-16(2,3)4/h5-8,13-14H,9-10H2,1-4H3/t13-,14-/m1/s1. The second-order valence-electron chi connectivity index (χ2n) is 7.06. The molecule has 1 heterocycles. The highest BCUT2D eigenvalue weighted by molar-refractivity contribution is 7.86. The minimum atomic E-state index is -4.06. The van der Waals surface area contributed by atoms with Gasteiger partial charge in [-0.05, 0) is 45.4 Å². The predicted molar refractivity (Wildman–Crippen MR) is 94.0 cm³/mol. The van der Waals surface area contributed by atoms with Crippen LogP contribution in [0.5, 0.6) is 0 Å². The fraction of sp³-hybridized carbons (Fsp3) is 0.562. The summed E-state index contributed by atoms with van der Waals surface area (Å²) in [6, 6.07) is 5.36. The Balaban J connectivity index is 2.17. The predicted octanol–water partition coefficient (Wildman–Crippen LogP) is 3.00. The van der Waals surface area contributed by atoms with Crippen molar-refractivity contribution in [2.24, 2.45) is 5.11 Å². The van der Waals surface area contributed by atoms with Gasteiger partial charge in [0, 0.05) is 11.5 Å². The van der Waals surface area contributed by atoms with Crippen molar-refractivity contribution in [3.8, 4) is 0 Å². The molecule has 0 saturated carbocycles. The van der Waals surface area contributed by atoms with E-state index in [0.717, 1.165) is 5.56 Å². The molecule has 0 spiro atoms. The molecule has 10 heteroatoms. The van der Waals surface area contributed by atoms with Crippen molar-refractivity contribution < 1.29 is 22.1 Å². The molecule has 1 saturated heterocycles.